The summed E-state index contributed by atoms with van der Waals surface area (Å²) in [6.45, 7) is 5.97. The standard InChI is InChI=1S/C34H31F3O2/c1-3-5-21-39-32-20-11-24(22-30(32)35)8-7-23-9-12-25(13-10-23)28-18-19-29(34(37)33(28)36)26-14-16-27(17-15-26)31(38)6-4-2/h3,7-20,22,31,38H,1,4-6,21H2,2H3/b8-7+. The first kappa shape index (κ1) is 27.9. The van der Waals surface area contributed by atoms with Crippen molar-refractivity contribution in [2.75, 3.05) is 6.61 Å². The molecular formula is C34H31F3O2. The lowest BCUT2D eigenvalue weighted by molar-refractivity contribution is 0.166. The molecule has 0 fully saturated rings. The predicted molar refractivity (Wildman–Crippen MR) is 153 cm³/mol. The normalized spacial score (nSPS) is 12.0. The van der Waals surface area contributed by atoms with Crippen molar-refractivity contribution in [3.63, 3.8) is 0 Å². The summed E-state index contributed by atoms with van der Waals surface area (Å²) < 4.78 is 49.8. The molecule has 1 atom stereocenters. The number of ether oxygens (including phenoxy) is 1. The fraction of sp³-hybridized carbons (Fsp3) is 0.176. The van der Waals surface area contributed by atoms with Crippen molar-refractivity contribution in [1.29, 1.82) is 0 Å². The lowest BCUT2D eigenvalue weighted by Crippen LogP contribution is -1.97. The van der Waals surface area contributed by atoms with Crippen molar-refractivity contribution in [1.82, 2.24) is 0 Å². The molecule has 0 heterocycles. The lowest BCUT2D eigenvalue weighted by Gasteiger charge is -2.12. The Kier molecular flexibility index (Phi) is 9.40. The van der Waals surface area contributed by atoms with Gasteiger partial charge in [0.05, 0.1) is 12.7 Å². The highest BCUT2D eigenvalue weighted by atomic mass is 19.2. The summed E-state index contributed by atoms with van der Waals surface area (Å²) in [5, 5.41) is 10.1. The van der Waals surface area contributed by atoms with E-state index < -0.39 is 23.6 Å². The molecule has 0 aliphatic rings. The first-order chi connectivity index (χ1) is 18.9. The van der Waals surface area contributed by atoms with E-state index in [9.17, 15) is 9.50 Å². The maximum Gasteiger partial charge on any atom is 0.167 e. The van der Waals surface area contributed by atoms with Gasteiger partial charge in [-0.25, -0.2) is 13.2 Å². The Hall–Kier alpha value is -4.09. The van der Waals surface area contributed by atoms with Crippen molar-refractivity contribution in [2.45, 2.75) is 32.3 Å². The van der Waals surface area contributed by atoms with Gasteiger partial charge in [-0.1, -0.05) is 98.3 Å². The molecule has 39 heavy (non-hydrogen) atoms. The Balaban J connectivity index is 1.47. The lowest BCUT2D eigenvalue weighted by atomic mass is 9.96. The molecule has 0 saturated heterocycles. The molecular weight excluding hydrogens is 497 g/mol. The Labute approximate surface area is 227 Å². The van der Waals surface area contributed by atoms with Gasteiger partial charge in [-0.05, 0) is 52.8 Å². The highest BCUT2D eigenvalue weighted by molar-refractivity contribution is 5.74. The minimum absolute atomic E-state index is 0.163. The summed E-state index contributed by atoms with van der Waals surface area (Å²) in [6.07, 6.45) is 6.86. The number of aliphatic hydroxyl groups is 1. The molecule has 0 radical (unpaired) electrons. The SMILES string of the molecule is C=CCCOc1ccc(/C=C/c2ccc(-c3ccc(-c4ccc(C(O)CCC)cc4)c(F)c3F)cc2)cc1F. The van der Waals surface area contributed by atoms with Crippen LogP contribution in [0.1, 0.15) is 49.0 Å². The Bertz CT molecular complexity index is 1440. The molecule has 1 N–H and O–H groups in total. The Morgan fingerprint density at radius 3 is 1.92 bits per heavy atom. The summed E-state index contributed by atoms with van der Waals surface area (Å²) in [6, 6.07) is 21.8. The molecule has 0 bridgehead atoms. The van der Waals surface area contributed by atoms with Gasteiger partial charge in [0.1, 0.15) is 0 Å². The van der Waals surface area contributed by atoms with Crippen LogP contribution in [0.25, 0.3) is 34.4 Å². The van der Waals surface area contributed by atoms with Crippen molar-refractivity contribution >= 4 is 12.2 Å². The van der Waals surface area contributed by atoms with Crippen LogP contribution in [0.3, 0.4) is 0 Å². The van der Waals surface area contributed by atoms with Crippen LogP contribution in [0.4, 0.5) is 13.2 Å². The number of aliphatic hydroxyl groups excluding tert-OH is 1. The fourth-order valence-corrected chi connectivity index (χ4v) is 4.28. The van der Waals surface area contributed by atoms with E-state index in [4.69, 9.17) is 4.74 Å². The van der Waals surface area contributed by atoms with Crippen molar-refractivity contribution < 1.29 is 23.0 Å². The van der Waals surface area contributed by atoms with Crippen LogP contribution >= 0.6 is 0 Å². The molecule has 2 nitrogen and oxygen atoms in total. The average Bonchev–Trinajstić information content (AvgIpc) is 2.95. The zero-order chi connectivity index (χ0) is 27.8. The number of rotatable bonds is 11. The largest absolute Gasteiger partial charge is 0.490 e. The van der Waals surface area contributed by atoms with Crippen LogP contribution in [0, 0.1) is 17.5 Å². The second-order valence-electron chi connectivity index (χ2n) is 9.29. The predicted octanol–water partition coefficient (Wildman–Crippen LogP) is 9.40. The minimum atomic E-state index is -0.920. The van der Waals surface area contributed by atoms with E-state index in [1.807, 2.05) is 13.0 Å². The van der Waals surface area contributed by atoms with Gasteiger partial charge >= 0.3 is 0 Å². The summed E-state index contributed by atoms with van der Waals surface area (Å²) in [4.78, 5) is 0. The third-order valence-corrected chi connectivity index (χ3v) is 6.48. The molecule has 4 rings (SSSR count). The summed E-state index contributed by atoms with van der Waals surface area (Å²) in [7, 11) is 0. The first-order valence-electron chi connectivity index (χ1n) is 13.0. The minimum Gasteiger partial charge on any atom is -0.490 e. The zero-order valence-electron chi connectivity index (χ0n) is 21.8. The van der Waals surface area contributed by atoms with E-state index in [1.54, 1.807) is 84.9 Å². The molecule has 0 aromatic heterocycles. The van der Waals surface area contributed by atoms with E-state index in [2.05, 4.69) is 6.58 Å². The van der Waals surface area contributed by atoms with E-state index in [-0.39, 0.29) is 16.9 Å². The average molecular weight is 529 g/mol. The van der Waals surface area contributed by atoms with Crippen LogP contribution in [-0.2, 0) is 0 Å². The molecule has 0 aliphatic heterocycles. The molecule has 0 spiro atoms. The molecule has 0 amide bonds. The monoisotopic (exact) mass is 528 g/mol. The maximum atomic E-state index is 15.1. The Morgan fingerprint density at radius 1 is 0.795 bits per heavy atom. The van der Waals surface area contributed by atoms with Crippen LogP contribution < -0.4 is 4.74 Å². The molecule has 1 unspecified atom stereocenters. The highest BCUT2D eigenvalue weighted by Gasteiger charge is 2.16. The van der Waals surface area contributed by atoms with Crippen LogP contribution in [0.2, 0.25) is 0 Å². The molecule has 4 aromatic carbocycles. The summed E-state index contributed by atoms with van der Waals surface area (Å²) in [5.41, 5.74) is 3.66. The van der Waals surface area contributed by atoms with Gasteiger partial charge in [0.25, 0.3) is 0 Å². The smallest absolute Gasteiger partial charge is 0.167 e. The van der Waals surface area contributed by atoms with Crippen molar-refractivity contribution in [2.24, 2.45) is 0 Å². The number of hydrogen-bond acceptors (Lipinski definition) is 2. The van der Waals surface area contributed by atoms with Gasteiger partial charge in [0.15, 0.2) is 23.2 Å². The summed E-state index contributed by atoms with van der Waals surface area (Å²) in [5.74, 6) is -2.09. The molecule has 0 saturated carbocycles. The van der Waals surface area contributed by atoms with Crippen LogP contribution in [0.15, 0.2) is 91.5 Å². The third-order valence-electron chi connectivity index (χ3n) is 6.48. The number of halogens is 3. The van der Waals surface area contributed by atoms with Crippen molar-refractivity contribution in [3.05, 3.63) is 126 Å². The van der Waals surface area contributed by atoms with Crippen molar-refractivity contribution in [3.8, 4) is 28.0 Å². The molecule has 5 heteroatoms. The van der Waals surface area contributed by atoms with Crippen LogP contribution in [0.5, 0.6) is 5.75 Å². The number of hydrogen-bond donors (Lipinski definition) is 1. The highest BCUT2D eigenvalue weighted by Crippen LogP contribution is 2.32. The van der Waals surface area contributed by atoms with Crippen LogP contribution in [-0.4, -0.2) is 11.7 Å². The second-order valence-corrected chi connectivity index (χ2v) is 9.29. The van der Waals surface area contributed by atoms with E-state index in [0.717, 1.165) is 17.5 Å². The third kappa shape index (κ3) is 6.87. The zero-order valence-corrected chi connectivity index (χ0v) is 21.8. The second kappa shape index (κ2) is 13.1. The topological polar surface area (TPSA) is 29.5 Å². The van der Waals surface area contributed by atoms with Gasteiger partial charge in [0, 0.05) is 11.1 Å². The van der Waals surface area contributed by atoms with Gasteiger partial charge in [0.2, 0.25) is 0 Å². The summed E-state index contributed by atoms with van der Waals surface area (Å²) >= 11 is 0. The molecule has 0 aliphatic carbocycles. The fourth-order valence-electron chi connectivity index (χ4n) is 4.28. The van der Waals surface area contributed by atoms with E-state index in [1.165, 1.54) is 6.07 Å². The van der Waals surface area contributed by atoms with E-state index in [0.29, 0.717) is 36.1 Å². The van der Waals surface area contributed by atoms with Gasteiger partial charge in [-0.15, -0.1) is 6.58 Å². The first-order valence-corrected chi connectivity index (χ1v) is 13.0. The number of benzene rings is 4. The molecule has 200 valence electrons. The van der Waals surface area contributed by atoms with Gasteiger partial charge < -0.3 is 9.84 Å². The molecule has 4 aromatic rings. The van der Waals surface area contributed by atoms with Gasteiger partial charge in [-0.2, -0.15) is 0 Å². The Morgan fingerprint density at radius 2 is 1.36 bits per heavy atom. The maximum absolute atomic E-state index is 15.1. The van der Waals surface area contributed by atoms with E-state index >= 15 is 8.78 Å². The quantitative estimate of drug-likeness (QED) is 0.119. The van der Waals surface area contributed by atoms with Gasteiger partial charge in [-0.3, -0.25) is 0 Å².